The van der Waals surface area contributed by atoms with Crippen molar-refractivity contribution in [3.63, 3.8) is 0 Å². The topological polar surface area (TPSA) is 89.8 Å². The van der Waals surface area contributed by atoms with Gasteiger partial charge in [0.2, 0.25) is 0 Å². The molecule has 138 valence electrons. The van der Waals surface area contributed by atoms with Gasteiger partial charge in [-0.3, -0.25) is 14.4 Å². The molecule has 0 aromatic heterocycles. The summed E-state index contributed by atoms with van der Waals surface area (Å²) in [5.74, 6) is -0.982. The molecule has 0 spiro atoms. The number of sulfonamides is 1. The smallest absolute Gasteiger partial charge is 0.271 e. The largest absolute Gasteiger partial charge is 0.494 e. The molecule has 0 aliphatic heterocycles. The van der Waals surface area contributed by atoms with Gasteiger partial charge in [0.15, 0.2) is 11.6 Å². The van der Waals surface area contributed by atoms with Crippen molar-refractivity contribution in [2.75, 3.05) is 18.0 Å². The van der Waals surface area contributed by atoms with Crippen LogP contribution in [0.25, 0.3) is 0 Å². The van der Waals surface area contributed by atoms with Gasteiger partial charge in [-0.15, -0.1) is 6.58 Å². The normalized spacial score (nSPS) is 11.0. The Hall–Kier alpha value is -2.65. The summed E-state index contributed by atoms with van der Waals surface area (Å²) >= 11 is 6.05. The molecule has 10 heteroatoms. The number of benzene rings is 2. The monoisotopic (exact) mass is 400 g/mol. The second-order valence-electron chi connectivity index (χ2n) is 5.01. The van der Waals surface area contributed by atoms with Crippen molar-refractivity contribution < 1.29 is 22.5 Å². The van der Waals surface area contributed by atoms with Crippen LogP contribution in [0, 0.1) is 15.9 Å². The van der Waals surface area contributed by atoms with E-state index < -0.39 is 20.8 Å². The first kappa shape index (κ1) is 19.7. The molecule has 0 amide bonds. The van der Waals surface area contributed by atoms with Crippen LogP contribution in [-0.4, -0.2) is 27.0 Å². The number of hydrogen-bond donors (Lipinski definition) is 0. The van der Waals surface area contributed by atoms with Crippen LogP contribution >= 0.6 is 11.6 Å². The molecule has 0 atom stereocenters. The van der Waals surface area contributed by atoms with Crippen LogP contribution in [0.5, 0.6) is 5.75 Å². The van der Waals surface area contributed by atoms with Crippen molar-refractivity contribution >= 4 is 33.0 Å². The first-order chi connectivity index (χ1) is 12.2. The summed E-state index contributed by atoms with van der Waals surface area (Å²) in [4.78, 5) is 9.95. The van der Waals surface area contributed by atoms with Gasteiger partial charge in [-0.05, 0) is 24.3 Å². The van der Waals surface area contributed by atoms with Crippen LogP contribution in [0.3, 0.4) is 0 Å². The maximum atomic E-state index is 13.9. The molecule has 0 aliphatic rings. The van der Waals surface area contributed by atoms with Gasteiger partial charge in [0.05, 0.1) is 34.2 Å². The van der Waals surface area contributed by atoms with Crippen LogP contribution in [0.4, 0.5) is 15.8 Å². The highest BCUT2D eigenvalue weighted by Crippen LogP contribution is 2.34. The lowest BCUT2D eigenvalue weighted by Gasteiger charge is -2.24. The molecule has 0 aliphatic carbocycles. The summed E-state index contributed by atoms with van der Waals surface area (Å²) in [5, 5.41) is 11.0. The van der Waals surface area contributed by atoms with Gasteiger partial charge in [0.25, 0.3) is 15.7 Å². The molecule has 0 bridgehead atoms. The van der Waals surface area contributed by atoms with E-state index in [9.17, 15) is 22.9 Å². The first-order valence-corrected chi connectivity index (χ1v) is 8.95. The average Bonchev–Trinajstić information content (AvgIpc) is 2.60. The van der Waals surface area contributed by atoms with Crippen LogP contribution < -0.4 is 9.04 Å². The summed E-state index contributed by atoms with van der Waals surface area (Å²) in [7, 11) is -3.02. The molecular formula is C16H14ClFN2O5S. The van der Waals surface area contributed by atoms with Crippen molar-refractivity contribution in [3.8, 4) is 5.75 Å². The minimum absolute atomic E-state index is 0.0185. The third-order valence-electron chi connectivity index (χ3n) is 3.42. The summed E-state index contributed by atoms with van der Waals surface area (Å²) in [5.41, 5.74) is -0.452. The standard InChI is InChI=1S/C16H14ClFN2O5S/c1-3-8-19(15-9-11(20(21)22)4-6-13(15)17)26(23,24)12-5-7-16(25-2)14(18)10-12/h3-7,9-10H,1,8H2,2H3. The fraction of sp³-hybridized carbons (Fsp3) is 0.125. The number of nitro groups is 1. The van der Waals surface area contributed by atoms with Crippen molar-refractivity contribution in [1.29, 1.82) is 0 Å². The number of rotatable bonds is 7. The zero-order chi connectivity index (χ0) is 19.5. The van der Waals surface area contributed by atoms with Crippen molar-refractivity contribution in [3.05, 3.63) is 70.0 Å². The Labute approximate surface area is 154 Å². The molecule has 0 saturated carbocycles. The fourth-order valence-corrected chi connectivity index (χ4v) is 3.91. The third kappa shape index (κ3) is 3.78. The van der Waals surface area contributed by atoms with E-state index in [0.29, 0.717) is 0 Å². The molecule has 0 unspecified atom stereocenters. The number of hydrogen-bond acceptors (Lipinski definition) is 5. The van der Waals surface area contributed by atoms with Crippen LogP contribution in [-0.2, 0) is 10.0 Å². The van der Waals surface area contributed by atoms with E-state index >= 15 is 0 Å². The molecule has 2 aromatic rings. The van der Waals surface area contributed by atoms with Gasteiger partial charge in [0, 0.05) is 12.1 Å². The number of halogens is 2. The number of non-ortho nitro benzene ring substituents is 1. The van der Waals surface area contributed by atoms with Gasteiger partial charge in [-0.2, -0.15) is 0 Å². The van der Waals surface area contributed by atoms with Gasteiger partial charge >= 0.3 is 0 Å². The lowest BCUT2D eigenvalue weighted by atomic mass is 10.3. The van der Waals surface area contributed by atoms with E-state index in [4.69, 9.17) is 16.3 Å². The second kappa shape index (κ2) is 7.71. The first-order valence-electron chi connectivity index (χ1n) is 7.13. The lowest BCUT2D eigenvalue weighted by Crippen LogP contribution is -2.31. The molecular weight excluding hydrogens is 387 g/mol. The zero-order valence-corrected chi connectivity index (χ0v) is 15.1. The fourth-order valence-electron chi connectivity index (χ4n) is 2.18. The quantitative estimate of drug-likeness (QED) is 0.401. The number of methoxy groups -OCH3 is 1. The van der Waals surface area contributed by atoms with E-state index in [2.05, 4.69) is 6.58 Å². The Balaban J connectivity index is 2.62. The highest BCUT2D eigenvalue weighted by molar-refractivity contribution is 7.92. The van der Waals surface area contributed by atoms with E-state index in [1.165, 1.54) is 31.4 Å². The van der Waals surface area contributed by atoms with Crippen molar-refractivity contribution in [2.45, 2.75) is 4.90 Å². The molecule has 0 saturated heterocycles. The number of nitrogens with zero attached hydrogens (tertiary/aromatic N) is 2. The lowest BCUT2D eigenvalue weighted by molar-refractivity contribution is -0.384. The Morgan fingerprint density at radius 1 is 1.35 bits per heavy atom. The molecule has 2 rings (SSSR count). The van der Waals surface area contributed by atoms with Gasteiger partial charge in [0.1, 0.15) is 0 Å². The van der Waals surface area contributed by atoms with E-state index in [-0.39, 0.29) is 33.6 Å². The molecule has 0 N–H and O–H groups in total. The number of anilines is 1. The molecule has 0 fully saturated rings. The van der Waals surface area contributed by atoms with Crippen molar-refractivity contribution in [2.24, 2.45) is 0 Å². The molecule has 0 radical (unpaired) electrons. The summed E-state index contributed by atoms with van der Waals surface area (Å²) in [6.07, 6.45) is 1.28. The van der Waals surface area contributed by atoms with E-state index in [1.807, 2.05) is 0 Å². The van der Waals surface area contributed by atoms with Gasteiger partial charge in [-0.25, -0.2) is 12.8 Å². The average molecular weight is 401 g/mol. The Morgan fingerprint density at radius 2 is 2.04 bits per heavy atom. The maximum Gasteiger partial charge on any atom is 0.271 e. The molecule has 26 heavy (non-hydrogen) atoms. The molecule has 2 aromatic carbocycles. The summed E-state index contributed by atoms with van der Waals surface area (Å²) in [6.45, 7) is 3.26. The van der Waals surface area contributed by atoms with E-state index in [0.717, 1.165) is 22.5 Å². The predicted molar refractivity (Wildman–Crippen MR) is 95.8 cm³/mol. The predicted octanol–water partition coefficient (Wildman–Crippen LogP) is 3.78. The Bertz CT molecular complexity index is 965. The van der Waals surface area contributed by atoms with Crippen LogP contribution in [0.15, 0.2) is 53.9 Å². The van der Waals surface area contributed by atoms with Gasteiger partial charge in [-0.1, -0.05) is 17.7 Å². The third-order valence-corrected chi connectivity index (χ3v) is 5.51. The Kier molecular flexibility index (Phi) is 5.83. The molecule has 0 heterocycles. The van der Waals surface area contributed by atoms with Crippen LogP contribution in [0.2, 0.25) is 5.02 Å². The van der Waals surface area contributed by atoms with Crippen molar-refractivity contribution in [1.82, 2.24) is 0 Å². The summed E-state index contributed by atoms with van der Waals surface area (Å²) < 4.78 is 45.4. The minimum atomic E-state index is -4.27. The molecule has 7 nitrogen and oxygen atoms in total. The SMILES string of the molecule is C=CCN(c1cc([N+](=O)[O-])ccc1Cl)S(=O)(=O)c1ccc(OC)c(F)c1. The highest BCUT2D eigenvalue weighted by atomic mass is 35.5. The zero-order valence-electron chi connectivity index (χ0n) is 13.6. The summed E-state index contributed by atoms with van der Waals surface area (Å²) in [6, 6.07) is 6.54. The van der Waals surface area contributed by atoms with Crippen LogP contribution in [0.1, 0.15) is 0 Å². The highest BCUT2D eigenvalue weighted by Gasteiger charge is 2.28. The number of nitro benzene ring substituents is 1. The Morgan fingerprint density at radius 3 is 2.58 bits per heavy atom. The minimum Gasteiger partial charge on any atom is -0.494 e. The maximum absolute atomic E-state index is 13.9. The number of ether oxygens (including phenoxy) is 1. The van der Waals surface area contributed by atoms with E-state index in [1.54, 1.807) is 0 Å². The second-order valence-corrected chi connectivity index (χ2v) is 7.28. The van der Waals surface area contributed by atoms with Gasteiger partial charge < -0.3 is 4.74 Å².